The smallest absolute Gasteiger partial charge is 0.168 e. The maximum atomic E-state index is 14.2. The zero-order chi connectivity index (χ0) is 15.1. The molecule has 0 aliphatic rings. The lowest BCUT2D eigenvalue weighted by atomic mass is 10.1. The minimum atomic E-state index is -0.703. The van der Waals surface area contributed by atoms with Gasteiger partial charge in [-0.1, -0.05) is 18.2 Å². The fourth-order valence-corrected chi connectivity index (χ4v) is 2.29. The molecule has 0 atom stereocenters. The average molecular weight is 285 g/mol. The van der Waals surface area contributed by atoms with E-state index in [9.17, 15) is 8.78 Å². The Morgan fingerprint density at radius 1 is 0.952 bits per heavy atom. The van der Waals surface area contributed by atoms with E-state index in [1.807, 2.05) is 19.1 Å². The van der Waals surface area contributed by atoms with Crippen LogP contribution in [0.5, 0.6) is 0 Å². The number of para-hydroxylation sites is 1. The Morgan fingerprint density at radius 3 is 2.48 bits per heavy atom. The molecule has 3 rings (SSSR count). The standard InChI is InChI=1S/C16H13F2N3/c1-8-6-7-11(17)12(13(8)18)16-20-14-9(2)4-3-5-10(14)15(19)21-16/h3-7H,1-2H3,(H2,19,20,21). The van der Waals surface area contributed by atoms with E-state index in [1.54, 1.807) is 13.0 Å². The Morgan fingerprint density at radius 2 is 1.71 bits per heavy atom. The van der Waals surface area contributed by atoms with Crippen molar-refractivity contribution in [3.8, 4) is 11.4 Å². The van der Waals surface area contributed by atoms with E-state index in [1.165, 1.54) is 12.1 Å². The summed E-state index contributed by atoms with van der Waals surface area (Å²) in [6.45, 7) is 3.43. The third-order valence-corrected chi connectivity index (χ3v) is 3.47. The molecule has 3 aromatic rings. The van der Waals surface area contributed by atoms with Crippen LogP contribution in [0.25, 0.3) is 22.3 Å². The molecule has 0 bridgehead atoms. The van der Waals surface area contributed by atoms with Gasteiger partial charge in [-0.05, 0) is 37.1 Å². The molecule has 0 radical (unpaired) electrons. The highest BCUT2D eigenvalue weighted by Gasteiger charge is 2.18. The summed E-state index contributed by atoms with van der Waals surface area (Å²) in [4.78, 5) is 8.36. The fraction of sp³-hybridized carbons (Fsp3) is 0.125. The molecular formula is C16H13F2N3. The second-order valence-electron chi connectivity index (χ2n) is 4.96. The summed E-state index contributed by atoms with van der Waals surface area (Å²) in [7, 11) is 0. The van der Waals surface area contributed by atoms with Crippen LogP contribution in [0.1, 0.15) is 11.1 Å². The predicted octanol–water partition coefficient (Wildman–Crippen LogP) is 3.77. The van der Waals surface area contributed by atoms with E-state index in [2.05, 4.69) is 9.97 Å². The van der Waals surface area contributed by atoms with Crippen LogP contribution in [0.4, 0.5) is 14.6 Å². The second-order valence-corrected chi connectivity index (χ2v) is 4.96. The van der Waals surface area contributed by atoms with Crippen molar-refractivity contribution in [1.82, 2.24) is 9.97 Å². The first-order chi connectivity index (χ1) is 9.99. The van der Waals surface area contributed by atoms with E-state index in [0.717, 1.165) is 5.56 Å². The van der Waals surface area contributed by atoms with E-state index < -0.39 is 11.6 Å². The van der Waals surface area contributed by atoms with Gasteiger partial charge in [0.2, 0.25) is 0 Å². The average Bonchev–Trinajstić information content (AvgIpc) is 2.45. The van der Waals surface area contributed by atoms with Crippen LogP contribution < -0.4 is 5.73 Å². The molecular weight excluding hydrogens is 272 g/mol. The van der Waals surface area contributed by atoms with Crippen LogP contribution in [-0.4, -0.2) is 9.97 Å². The highest BCUT2D eigenvalue weighted by atomic mass is 19.1. The minimum Gasteiger partial charge on any atom is -0.383 e. The number of benzene rings is 2. The third kappa shape index (κ3) is 2.11. The number of hydrogen-bond donors (Lipinski definition) is 1. The van der Waals surface area contributed by atoms with Gasteiger partial charge in [0.25, 0.3) is 0 Å². The molecule has 0 amide bonds. The Hall–Kier alpha value is -2.56. The van der Waals surface area contributed by atoms with Gasteiger partial charge in [-0.15, -0.1) is 0 Å². The molecule has 5 heteroatoms. The van der Waals surface area contributed by atoms with Crippen molar-refractivity contribution in [2.75, 3.05) is 5.73 Å². The van der Waals surface area contributed by atoms with Crippen molar-refractivity contribution in [2.45, 2.75) is 13.8 Å². The Balaban J connectivity index is 2.37. The highest BCUT2D eigenvalue weighted by Crippen LogP contribution is 2.29. The monoisotopic (exact) mass is 285 g/mol. The van der Waals surface area contributed by atoms with Crippen LogP contribution >= 0.6 is 0 Å². The molecule has 0 fully saturated rings. The fourth-order valence-electron chi connectivity index (χ4n) is 2.29. The number of nitrogens with zero attached hydrogens (tertiary/aromatic N) is 2. The van der Waals surface area contributed by atoms with E-state index in [0.29, 0.717) is 16.5 Å². The first-order valence-electron chi connectivity index (χ1n) is 6.47. The number of aryl methyl sites for hydroxylation is 2. The number of rotatable bonds is 1. The van der Waals surface area contributed by atoms with Crippen molar-refractivity contribution >= 4 is 16.7 Å². The largest absolute Gasteiger partial charge is 0.383 e. The van der Waals surface area contributed by atoms with Gasteiger partial charge in [-0.2, -0.15) is 0 Å². The van der Waals surface area contributed by atoms with Crippen molar-refractivity contribution in [3.63, 3.8) is 0 Å². The summed E-state index contributed by atoms with van der Waals surface area (Å²) < 4.78 is 28.2. The van der Waals surface area contributed by atoms with Gasteiger partial charge in [0.05, 0.1) is 11.1 Å². The van der Waals surface area contributed by atoms with Crippen LogP contribution in [0.15, 0.2) is 30.3 Å². The SMILES string of the molecule is Cc1ccc(F)c(-c2nc(N)c3cccc(C)c3n2)c1F. The third-order valence-electron chi connectivity index (χ3n) is 3.47. The molecule has 0 saturated heterocycles. The number of fused-ring (bicyclic) bond motifs is 1. The van der Waals surface area contributed by atoms with Crippen LogP contribution in [-0.2, 0) is 0 Å². The molecule has 21 heavy (non-hydrogen) atoms. The van der Waals surface area contributed by atoms with Crippen molar-refractivity contribution in [1.29, 1.82) is 0 Å². The lowest BCUT2D eigenvalue weighted by Crippen LogP contribution is -2.02. The van der Waals surface area contributed by atoms with Crippen LogP contribution in [0, 0.1) is 25.5 Å². The minimum absolute atomic E-state index is 0.0343. The first kappa shape index (κ1) is 13.4. The quantitative estimate of drug-likeness (QED) is 0.740. The molecule has 2 aromatic carbocycles. The molecule has 0 saturated carbocycles. The Labute approximate surface area is 120 Å². The van der Waals surface area contributed by atoms with E-state index in [-0.39, 0.29) is 17.2 Å². The topological polar surface area (TPSA) is 51.8 Å². The van der Waals surface area contributed by atoms with Gasteiger partial charge in [-0.25, -0.2) is 18.7 Å². The van der Waals surface area contributed by atoms with Gasteiger partial charge >= 0.3 is 0 Å². The molecule has 0 aliphatic heterocycles. The summed E-state index contributed by atoms with van der Waals surface area (Å²) in [5.41, 5.74) is 7.46. The van der Waals surface area contributed by atoms with E-state index in [4.69, 9.17) is 5.73 Å². The summed E-state index contributed by atoms with van der Waals surface area (Å²) >= 11 is 0. The summed E-state index contributed by atoms with van der Waals surface area (Å²) in [6.07, 6.45) is 0. The number of anilines is 1. The normalized spacial score (nSPS) is 11.0. The van der Waals surface area contributed by atoms with Crippen LogP contribution in [0.2, 0.25) is 0 Å². The van der Waals surface area contributed by atoms with Crippen molar-refractivity contribution in [2.24, 2.45) is 0 Å². The van der Waals surface area contributed by atoms with Gasteiger partial charge < -0.3 is 5.73 Å². The number of nitrogen functional groups attached to an aromatic ring is 1. The number of hydrogen-bond acceptors (Lipinski definition) is 3. The maximum absolute atomic E-state index is 14.2. The summed E-state index contributed by atoms with van der Waals surface area (Å²) in [5.74, 6) is -1.19. The molecule has 3 nitrogen and oxygen atoms in total. The molecule has 0 unspecified atom stereocenters. The van der Waals surface area contributed by atoms with Crippen molar-refractivity contribution < 1.29 is 8.78 Å². The van der Waals surface area contributed by atoms with E-state index >= 15 is 0 Å². The summed E-state index contributed by atoms with van der Waals surface area (Å²) in [5, 5.41) is 0.673. The molecule has 106 valence electrons. The zero-order valence-corrected chi connectivity index (χ0v) is 11.6. The first-order valence-corrected chi connectivity index (χ1v) is 6.47. The van der Waals surface area contributed by atoms with Gasteiger partial charge in [0.15, 0.2) is 5.82 Å². The predicted molar refractivity (Wildman–Crippen MR) is 78.8 cm³/mol. The molecule has 1 heterocycles. The van der Waals surface area contributed by atoms with Crippen molar-refractivity contribution in [3.05, 3.63) is 53.1 Å². The molecule has 1 aromatic heterocycles. The second kappa shape index (κ2) is 4.77. The molecule has 2 N–H and O–H groups in total. The molecule has 0 spiro atoms. The van der Waals surface area contributed by atoms with Crippen LogP contribution in [0.3, 0.4) is 0 Å². The lowest BCUT2D eigenvalue weighted by Gasteiger charge is -2.10. The van der Waals surface area contributed by atoms with Gasteiger partial charge in [0.1, 0.15) is 17.5 Å². The lowest BCUT2D eigenvalue weighted by molar-refractivity contribution is 0.582. The Kier molecular flexibility index (Phi) is 3.05. The van der Waals surface area contributed by atoms with Gasteiger partial charge in [-0.3, -0.25) is 0 Å². The zero-order valence-electron chi connectivity index (χ0n) is 11.6. The highest BCUT2D eigenvalue weighted by molar-refractivity contribution is 5.91. The summed E-state index contributed by atoms with van der Waals surface area (Å²) in [6, 6.07) is 8.07. The number of halogens is 2. The molecule has 0 aliphatic carbocycles. The Bertz CT molecular complexity index is 860. The number of aromatic nitrogens is 2. The number of nitrogens with two attached hydrogens (primary N) is 1. The maximum Gasteiger partial charge on any atom is 0.168 e. The van der Waals surface area contributed by atoms with Gasteiger partial charge in [0, 0.05) is 5.39 Å².